The number of rotatable bonds is 1. The van der Waals surface area contributed by atoms with Gasteiger partial charge in [0.05, 0.1) is 5.60 Å². The molecule has 1 aromatic carbocycles. The number of aliphatic hydroxyl groups is 1. The fourth-order valence-corrected chi connectivity index (χ4v) is 3.82. The highest BCUT2D eigenvalue weighted by Gasteiger charge is 2.44. The van der Waals surface area contributed by atoms with Crippen LogP contribution < -0.4 is 0 Å². The van der Waals surface area contributed by atoms with E-state index in [0.29, 0.717) is 12.1 Å². The van der Waals surface area contributed by atoms with Crippen molar-refractivity contribution >= 4 is 0 Å². The largest absolute Gasteiger partial charge is 0.385 e. The SMILES string of the molecule is Cc1cccc(C2(O)CC3CCCC(C2)N3C)c1. The average Bonchev–Trinajstić information content (AvgIpc) is 2.31. The first-order chi connectivity index (χ1) is 8.58. The number of nitrogens with zero attached hydrogens (tertiary/aromatic N) is 1. The first kappa shape index (κ1) is 12.2. The van der Waals surface area contributed by atoms with Crippen LogP contribution in [-0.4, -0.2) is 29.1 Å². The molecule has 3 rings (SSSR count). The number of hydrogen-bond acceptors (Lipinski definition) is 2. The van der Waals surface area contributed by atoms with Gasteiger partial charge in [0.1, 0.15) is 0 Å². The van der Waals surface area contributed by atoms with E-state index in [9.17, 15) is 5.11 Å². The monoisotopic (exact) mass is 245 g/mol. The summed E-state index contributed by atoms with van der Waals surface area (Å²) in [6.45, 7) is 2.10. The second-order valence-electron chi connectivity index (χ2n) is 6.21. The van der Waals surface area contributed by atoms with Crippen LogP contribution in [0.4, 0.5) is 0 Å². The number of fused-ring (bicyclic) bond motifs is 2. The molecule has 2 aliphatic rings. The van der Waals surface area contributed by atoms with Gasteiger partial charge in [0, 0.05) is 12.1 Å². The summed E-state index contributed by atoms with van der Waals surface area (Å²) in [7, 11) is 2.23. The van der Waals surface area contributed by atoms with E-state index in [1.54, 1.807) is 0 Å². The van der Waals surface area contributed by atoms with E-state index >= 15 is 0 Å². The van der Waals surface area contributed by atoms with E-state index in [1.165, 1.54) is 24.8 Å². The van der Waals surface area contributed by atoms with Crippen molar-refractivity contribution in [1.29, 1.82) is 0 Å². The topological polar surface area (TPSA) is 23.5 Å². The summed E-state index contributed by atoms with van der Waals surface area (Å²) in [5.41, 5.74) is 1.76. The summed E-state index contributed by atoms with van der Waals surface area (Å²) < 4.78 is 0. The predicted octanol–water partition coefficient (Wildman–Crippen LogP) is 2.83. The zero-order valence-electron chi connectivity index (χ0n) is 11.4. The lowest BCUT2D eigenvalue weighted by Crippen LogP contribution is -2.55. The van der Waals surface area contributed by atoms with Crippen LogP contribution in [-0.2, 0) is 5.60 Å². The molecule has 1 N–H and O–H groups in total. The molecule has 0 saturated carbocycles. The molecule has 0 amide bonds. The molecule has 2 unspecified atom stereocenters. The Bertz CT molecular complexity index is 428. The maximum Gasteiger partial charge on any atom is 0.0926 e. The summed E-state index contributed by atoms with van der Waals surface area (Å²) in [4.78, 5) is 2.49. The lowest BCUT2D eigenvalue weighted by molar-refractivity contribution is -0.0874. The molecule has 2 bridgehead atoms. The standard InChI is InChI=1S/C16H23NO/c1-12-5-3-6-13(9-12)16(18)10-14-7-4-8-15(11-16)17(14)2/h3,5-6,9,14-15,18H,4,7-8,10-11H2,1-2H3. The Morgan fingerprint density at radius 2 is 1.89 bits per heavy atom. The zero-order valence-corrected chi connectivity index (χ0v) is 11.4. The summed E-state index contributed by atoms with van der Waals surface area (Å²) >= 11 is 0. The molecule has 2 heteroatoms. The smallest absolute Gasteiger partial charge is 0.0926 e. The van der Waals surface area contributed by atoms with Gasteiger partial charge < -0.3 is 10.0 Å². The van der Waals surface area contributed by atoms with Gasteiger partial charge in [0.25, 0.3) is 0 Å². The van der Waals surface area contributed by atoms with Gasteiger partial charge in [-0.2, -0.15) is 0 Å². The normalized spacial score (nSPS) is 36.6. The third kappa shape index (κ3) is 1.98. The molecule has 0 radical (unpaired) electrons. The minimum absolute atomic E-state index is 0.558. The fourth-order valence-electron chi connectivity index (χ4n) is 3.82. The van der Waals surface area contributed by atoms with Crippen molar-refractivity contribution in [2.24, 2.45) is 0 Å². The maximum absolute atomic E-state index is 11.1. The highest BCUT2D eigenvalue weighted by atomic mass is 16.3. The van der Waals surface area contributed by atoms with Gasteiger partial charge in [-0.05, 0) is 45.2 Å². The second kappa shape index (κ2) is 4.36. The van der Waals surface area contributed by atoms with Crippen LogP contribution in [0.1, 0.15) is 43.2 Å². The zero-order chi connectivity index (χ0) is 12.8. The molecule has 2 heterocycles. The molecule has 98 valence electrons. The molecule has 0 aliphatic carbocycles. The van der Waals surface area contributed by atoms with Crippen LogP contribution in [0.25, 0.3) is 0 Å². The predicted molar refractivity (Wildman–Crippen MR) is 73.5 cm³/mol. The van der Waals surface area contributed by atoms with Crippen molar-refractivity contribution in [1.82, 2.24) is 4.90 Å². The Morgan fingerprint density at radius 3 is 2.50 bits per heavy atom. The molecule has 2 aliphatic heterocycles. The first-order valence-electron chi connectivity index (χ1n) is 7.10. The minimum atomic E-state index is -0.603. The molecule has 2 fully saturated rings. The first-order valence-corrected chi connectivity index (χ1v) is 7.10. The summed E-state index contributed by atoms with van der Waals surface area (Å²) in [6.07, 6.45) is 5.58. The van der Waals surface area contributed by atoms with Crippen molar-refractivity contribution in [2.75, 3.05) is 7.05 Å². The number of hydrogen-bond donors (Lipinski definition) is 1. The van der Waals surface area contributed by atoms with Gasteiger partial charge in [0.15, 0.2) is 0 Å². The molecular formula is C16H23NO. The highest BCUT2D eigenvalue weighted by Crippen LogP contribution is 2.43. The molecule has 2 nitrogen and oxygen atoms in total. The third-order valence-corrected chi connectivity index (χ3v) is 4.93. The molecular weight excluding hydrogens is 222 g/mol. The van der Waals surface area contributed by atoms with E-state index in [2.05, 4.69) is 43.1 Å². The van der Waals surface area contributed by atoms with Crippen LogP contribution in [0.2, 0.25) is 0 Å². The van der Waals surface area contributed by atoms with Crippen LogP contribution in [0, 0.1) is 6.92 Å². The van der Waals surface area contributed by atoms with Gasteiger partial charge in [-0.15, -0.1) is 0 Å². The molecule has 0 spiro atoms. The Balaban J connectivity index is 1.92. The van der Waals surface area contributed by atoms with Crippen LogP contribution >= 0.6 is 0 Å². The number of aryl methyl sites for hydroxylation is 1. The summed E-state index contributed by atoms with van der Waals surface area (Å²) in [5.74, 6) is 0. The Hall–Kier alpha value is -0.860. The van der Waals surface area contributed by atoms with Gasteiger partial charge in [-0.1, -0.05) is 36.2 Å². The summed E-state index contributed by atoms with van der Waals surface area (Å²) in [5, 5.41) is 11.1. The quantitative estimate of drug-likeness (QED) is 0.822. The van der Waals surface area contributed by atoms with Gasteiger partial charge in [0.2, 0.25) is 0 Å². The molecule has 2 atom stereocenters. The third-order valence-electron chi connectivity index (χ3n) is 4.93. The minimum Gasteiger partial charge on any atom is -0.385 e. The molecule has 0 aromatic heterocycles. The van der Waals surface area contributed by atoms with Crippen molar-refractivity contribution in [3.8, 4) is 0 Å². The van der Waals surface area contributed by atoms with Gasteiger partial charge in [-0.25, -0.2) is 0 Å². The van der Waals surface area contributed by atoms with Crippen LogP contribution in [0.15, 0.2) is 24.3 Å². The van der Waals surface area contributed by atoms with Crippen molar-refractivity contribution in [3.63, 3.8) is 0 Å². The Morgan fingerprint density at radius 1 is 1.22 bits per heavy atom. The number of piperidine rings is 2. The highest BCUT2D eigenvalue weighted by molar-refractivity contribution is 5.29. The number of benzene rings is 1. The molecule has 2 saturated heterocycles. The van der Waals surface area contributed by atoms with E-state index < -0.39 is 5.60 Å². The maximum atomic E-state index is 11.1. The van der Waals surface area contributed by atoms with Gasteiger partial charge >= 0.3 is 0 Å². The molecule has 18 heavy (non-hydrogen) atoms. The Labute approximate surface area is 110 Å². The van der Waals surface area contributed by atoms with Crippen molar-refractivity contribution < 1.29 is 5.11 Å². The van der Waals surface area contributed by atoms with Crippen LogP contribution in [0.5, 0.6) is 0 Å². The lowest BCUT2D eigenvalue weighted by atomic mass is 9.72. The fraction of sp³-hybridized carbons (Fsp3) is 0.625. The van der Waals surface area contributed by atoms with Crippen LogP contribution in [0.3, 0.4) is 0 Å². The molecule has 1 aromatic rings. The van der Waals surface area contributed by atoms with Crippen molar-refractivity contribution in [2.45, 2.75) is 56.7 Å². The van der Waals surface area contributed by atoms with E-state index in [4.69, 9.17) is 0 Å². The Kier molecular flexibility index (Phi) is 2.95. The van der Waals surface area contributed by atoms with E-state index in [0.717, 1.165) is 18.4 Å². The average molecular weight is 245 g/mol. The van der Waals surface area contributed by atoms with Crippen molar-refractivity contribution in [3.05, 3.63) is 35.4 Å². The van der Waals surface area contributed by atoms with E-state index in [-0.39, 0.29) is 0 Å². The second-order valence-corrected chi connectivity index (χ2v) is 6.21. The van der Waals surface area contributed by atoms with Gasteiger partial charge in [-0.3, -0.25) is 0 Å². The lowest BCUT2D eigenvalue weighted by Gasteiger charge is -2.50. The summed E-state index contributed by atoms with van der Waals surface area (Å²) in [6, 6.07) is 9.53. The van der Waals surface area contributed by atoms with E-state index in [1.807, 2.05) is 0 Å².